The number of carboxylic acids is 1. The molecule has 0 bridgehead atoms. The topological polar surface area (TPSA) is 93.4 Å². The van der Waals surface area contributed by atoms with Crippen molar-refractivity contribution in [2.24, 2.45) is 0 Å². The molecule has 1 aromatic carbocycles. The van der Waals surface area contributed by atoms with Crippen LogP contribution in [0.25, 0.3) is 0 Å². The van der Waals surface area contributed by atoms with E-state index in [9.17, 15) is 9.59 Å². The molecule has 1 aliphatic rings. The Bertz CT molecular complexity index is 548. The SMILES string of the molecule is N#Cc1ccc(NC(=O)N2CCCC2CC(=O)O)cc1. The largest absolute Gasteiger partial charge is 0.481 e. The smallest absolute Gasteiger partial charge is 0.322 e. The summed E-state index contributed by atoms with van der Waals surface area (Å²) in [5.74, 6) is -0.895. The van der Waals surface area contributed by atoms with Gasteiger partial charge in [0.15, 0.2) is 0 Å². The summed E-state index contributed by atoms with van der Waals surface area (Å²) in [5, 5.41) is 20.3. The van der Waals surface area contributed by atoms with Gasteiger partial charge < -0.3 is 15.3 Å². The minimum absolute atomic E-state index is 0.0270. The highest BCUT2D eigenvalue weighted by atomic mass is 16.4. The number of aliphatic carboxylic acids is 1. The highest BCUT2D eigenvalue weighted by Gasteiger charge is 2.30. The molecule has 6 heteroatoms. The van der Waals surface area contributed by atoms with Crippen molar-refractivity contribution in [2.75, 3.05) is 11.9 Å². The van der Waals surface area contributed by atoms with Crippen LogP contribution in [0, 0.1) is 11.3 Å². The number of urea groups is 1. The van der Waals surface area contributed by atoms with Gasteiger partial charge in [-0.3, -0.25) is 4.79 Å². The Balaban J connectivity index is 1.99. The molecule has 1 atom stereocenters. The first-order valence-corrected chi connectivity index (χ1v) is 6.39. The van der Waals surface area contributed by atoms with E-state index in [-0.39, 0.29) is 18.5 Å². The van der Waals surface area contributed by atoms with Crippen molar-refractivity contribution >= 4 is 17.7 Å². The van der Waals surface area contributed by atoms with Gasteiger partial charge in [0, 0.05) is 18.3 Å². The van der Waals surface area contributed by atoms with Gasteiger partial charge in [-0.1, -0.05) is 0 Å². The van der Waals surface area contributed by atoms with Crippen LogP contribution in [-0.4, -0.2) is 34.6 Å². The summed E-state index contributed by atoms with van der Waals surface area (Å²) in [4.78, 5) is 24.4. The predicted octanol–water partition coefficient (Wildman–Crippen LogP) is 2.03. The number of nitrogens with one attached hydrogen (secondary N) is 1. The van der Waals surface area contributed by atoms with Gasteiger partial charge in [0.1, 0.15) is 0 Å². The zero-order valence-electron chi connectivity index (χ0n) is 10.9. The van der Waals surface area contributed by atoms with Gasteiger partial charge in [0.2, 0.25) is 0 Å². The molecule has 2 rings (SSSR count). The van der Waals surface area contributed by atoms with Crippen LogP contribution in [0.3, 0.4) is 0 Å². The molecule has 0 saturated carbocycles. The van der Waals surface area contributed by atoms with Crippen LogP contribution in [-0.2, 0) is 4.79 Å². The van der Waals surface area contributed by atoms with Crippen LogP contribution in [0.5, 0.6) is 0 Å². The van der Waals surface area contributed by atoms with E-state index < -0.39 is 5.97 Å². The molecule has 0 aliphatic carbocycles. The van der Waals surface area contributed by atoms with E-state index in [4.69, 9.17) is 10.4 Å². The molecule has 1 fully saturated rings. The van der Waals surface area contributed by atoms with Crippen molar-refractivity contribution in [2.45, 2.75) is 25.3 Å². The van der Waals surface area contributed by atoms with Crippen LogP contribution in [0.15, 0.2) is 24.3 Å². The predicted molar refractivity (Wildman–Crippen MR) is 72.2 cm³/mol. The summed E-state index contributed by atoms with van der Waals surface area (Å²) < 4.78 is 0. The monoisotopic (exact) mass is 273 g/mol. The Morgan fingerprint density at radius 2 is 2.10 bits per heavy atom. The highest BCUT2D eigenvalue weighted by Crippen LogP contribution is 2.21. The third kappa shape index (κ3) is 3.26. The first-order valence-electron chi connectivity index (χ1n) is 6.39. The third-order valence-corrected chi connectivity index (χ3v) is 3.31. The number of rotatable bonds is 3. The first-order chi connectivity index (χ1) is 9.60. The molecule has 2 N–H and O–H groups in total. The minimum atomic E-state index is -0.895. The van der Waals surface area contributed by atoms with Crippen LogP contribution < -0.4 is 5.32 Å². The maximum atomic E-state index is 12.1. The summed E-state index contributed by atoms with van der Waals surface area (Å²) in [6.07, 6.45) is 1.51. The third-order valence-electron chi connectivity index (χ3n) is 3.31. The first kappa shape index (κ1) is 13.9. The van der Waals surface area contributed by atoms with Gasteiger partial charge >= 0.3 is 12.0 Å². The number of nitriles is 1. The Kier molecular flexibility index (Phi) is 4.20. The standard InChI is InChI=1S/C14H15N3O3/c15-9-10-3-5-11(6-4-10)16-14(20)17-7-1-2-12(17)8-13(18)19/h3-6,12H,1-2,7-8H2,(H,16,20)(H,18,19). The maximum Gasteiger partial charge on any atom is 0.322 e. The average Bonchev–Trinajstić information content (AvgIpc) is 2.87. The van der Waals surface area contributed by atoms with Crippen LogP contribution in [0.1, 0.15) is 24.8 Å². The van der Waals surface area contributed by atoms with E-state index in [2.05, 4.69) is 5.32 Å². The fourth-order valence-corrected chi connectivity index (χ4v) is 2.34. The molecule has 1 heterocycles. The van der Waals surface area contributed by atoms with Crippen LogP contribution in [0.4, 0.5) is 10.5 Å². The molecule has 0 radical (unpaired) electrons. The summed E-state index contributed by atoms with van der Waals surface area (Å²) in [5.41, 5.74) is 1.11. The van der Waals surface area contributed by atoms with Crippen LogP contribution >= 0.6 is 0 Å². The summed E-state index contributed by atoms with van der Waals surface area (Å²) in [6.45, 7) is 0.570. The van der Waals surface area contributed by atoms with E-state index in [0.717, 1.165) is 6.42 Å². The second-order valence-corrected chi connectivity index (χ2v) is 4.71. The van der Waals surface area contributed by atoms with Gasteiger partial charge in [0.25, 0.3) is 0 Å². The lowest BCUT2D eigenvalue weighted by atomic mass is 10.1. The zero-order chi connectivity index (χ0) is 14.5. The molecule has 1 aliphatic heterocycles. The van der Waals surface area contributed by atoms with Gasteiger partial charge in [0.05, 0.1) is 18.1 Å². The van der Waals surface area contributed by atoms with E-state index in [1.807, 2.05) is 6.07 Å². The molecule has 6 nitrogen and oxygen atoms in total. The summed E-state index contributed by atoms with van der Waals surface area (Å²) >= 11 is 0. The van der Waals surface area contributed by atoms with E-state index in [1.165, 1.54) is 0 Å². The fraction of sp³-hybridized carbons (Fsp3) is 0.357. The molecule has 20 heavy (non-hydrogen) atoms. The number of anilines is 1. The molecule has 1 saturated heterocycles. The molecule has 104 valence electrons. The number of likely N-dealkylation sites (tertiary alicyclic amines) is 1. The van der Waals surface area contributed by atoms with Gasteiger partial charge in [-0.15, -0.1) is 0 Å². The van der Waals surface area contributed by atoms with Gasteiger partial charge in [-0.05, 0) is 37.1 Å². The number of carbonyl (C=O) groups is 2. The minimum Gasteiger partial charge on any atom is -0.481 e. The van der Waals surface area contributed by atoms with Crippen molar-refractivity contribution < 1.29 is 14.7 Å². The van der Waals surface area contributed by atoms with E-state index in [1.54, 1.807) is 29.2 Å². The van der Waals surface area contributed by atoms with Crippen molar-refractivity contribution in [1.29, 1.82) is 5.26 Å². The van der Waals surface area contributed by atoms with Gasteiger partial charge in [-0.25, -0.2) is 4.79 Å². The lowest BCUT2D eigenvalue weighted by Crippen LogP contribution is -2.39. The number of hydrogen-bond acceptors (Lipinski definition) is 3. The number of nitrogens with zero attached hydrogens (tertiary/aromatic N) is 2. The Labute approximate surface area is 116 Å². The molecular weight excluding hydrogens is 258 g/mol. The number of carbonyl (C=O) groups excluding carboxylic acids is 1. The van der Waals surface area contributed by atoms with Crippen LogP contribution in [0.2, 0.25) is 0 Å². The highest BCUT2D eigenvalue weighted by molar-refractivity contribution is 5.90. The lowest BCUT2D eigenvalue weighted by Gasteiger charge is -2.23. The number of amides is 2. The summed E-state index contributed by atoms with van der Waals surface area (Å²) in [6, 6.07) is 8.01. The van der Waals surface area contributed by atoms with Crippen molar-refractivity contribution in [1.82, 2.24) is 4.90 Å². The molecule has 0 aromatic heterocycles. The number of carboxylic acid groups (broad SMARTS) is 1. The molecule has 1 unspecified atom stereocenters. The lowest BCUT2D eigenvalue weighted by molar-refractivity contribution is -0.137. The Morgan fingerprint density at radius 1 is 1.40 bits per heavy atom. The Hall–Kier alpha value is -2.55. The van der Waals surface area contributed by atoms with Crippen molar-refractivity contribution in [3.8, 4) is 6.07 Å². The quantitative estimate of drug-likeness (QED) is 0.881. The fourth-order valence-electron chi connectivity index (χ4n) is 2.34. The molecule has 0 spiro atoms. The maximum absolute atomic E-state index is 12.1. The van der Waals surface area contributed by atoms with E-state index >= 15 is 0 Å². The summed E-state index contributed by atoms with van der Waals surface area (Å²) in [7, 11) is 0. The second-order valence-electron chi connectivity index (χ2n) is 4.71. The van der Waals surface area contributed by atoms with Crippen molar-refractivity contribution in [3.63, 3.8) is 0 Å². The zero-order valence-corrected chi connectivity index (χ0v) is 10.9. The van der Waals surface area contributed by atoms with Gasteiger partial charge in [-0.2, -0.15) is 5.26 Å². The van der Waals surface area contributed by atoms with Crippen molar-refractivity contribution in [3.05, 3.63) is 29.8 Å². The number of hydrogen-bond donors (Lipinski definition) is 2. The second kappa shape index (κ2) is 6.06. The normalized spacial score (nSPS) is 17.6. The Morgan fingerprint density at radius 3 is 2.70 bits per heavy atom. The average molecular weight is 273 g/mol. The molecular formula is C14H15N3O3. The molecule has 2 amide bonds. The molecule has 1 aromatic rings. The van der Waals surface area contributed by atoms with E-state index in [0.29, 0.717) is 24.2 Å². The number of benzene rings is 1.